The Bertz CT molecular complexity index is 444. The minimum absolute atomic E-state index is 0.00931. The maximum absolute atomic E-state index is 12.1. The van der Waals surface area contributed by atoms with E-state index in [9.17, 15) is 4.79 Å². The molecule has 0 atom stereocenters. The van der Waals surface area contributed by atoms with E-state index in [4.69, 9.17) is 0 Å². The van der Waals surface area contributed by atoms with Crippen LogP contribution in [0.15, 0.2) is 35.3 Å². The van der Waals surface area contributed by atoms with Gasteiger partial charge in [-0.05, 0) is 5.56 Å². The summed E-state index contributed by atoms with van der Waals surface area (Å²) in [5.41, 5.74) is 1.12. The molecule has 0 radical (unpaired) electrons. The zero-order chi connectivity index (χ0) is 15.1. The second kappa shape index (κ2) is 7.53. The molecular weight excluding hydrogens is 252 g/mol. The van der Waals surface area contributed by atoms with Crippen molar-refractivity contribution in [3.8, 4) is 0 Å². The number of hydrogen-bond donors (Lipinski definition) is 0. The van der Waals surface area contributed by atoms with Gasteiger partial charge < -0.3 is 14.7 Å². The first-order chi connectivity index (χ1) is 9.41. The summed E-state index contributed by atoms with van der Waals surface area (Å²) in [5, 5.41) is 0. The Morgan fingerprint density at radius 2 is 1.55 bits per heavy atom. The minimum Gasteiger partial charge on any atom is -0.349 e. The van der Waals surface area contributed by atoms with Crippen LogP contribution in [0.3, 0.4) is 0 Å². The van der Waals surface area contributed by atoms with Crippen LogP contribution in [-0.4, -0.2) is 68.3 Å². The number of benzene rings is 1. The zero-order valence-electron chi connectivity index (χ0n) is 13.0. The summed E-state index contributed by atoms with van der Waals surface area (Å²) in [7, 11) is 9.46. The summed E-state index contributed by atoms with van der Waals surface area (Å²) >= 11 is 0. The summed E-state index contributed by atoms with van der Waals surface area (Å²) in [6.07, 6.45) is 0. The highest BCUT2D eigenvalue weighted by atomic mass is 16.2. The van der Waals surface area contributed by atoms with E-state index in [2.05, 4.69) is 4.99 Å². The molecule has 0 aliphatic heterocycles. The first-order valence-corrected chi connectivity index (χ1v) is 6.58. The Hall–Kier alpha value is -2.04. The number of hydrogen-bond acceptors (Lipinski definition) is 2. The Morgan fingerprint density at radius 1 is 1.00 bits per heavy atom. The van der Waals surface area contributed by atoms with Crippen molar-refractivity contribution in [2.24, 2.45) is 4.99 Å². The summed E-state index contributed by atoms with van der Waals surface area (Å²) in [6.45, 7) is 0.767. The lowest BCUT2D eigenvalue weighted by Crippen LogP contribution is -2.37. The van der Waals surface area contributed by atoms with E-state index < -0.39 is 0 Å². The van der Waals surface area contributed by atoms with Gasteiger partial charge in [0.15, 0.2) is 5.96 Å². The lowest BCUT2D eigenvalue weighted by atomic mass is 10.2. The molecule has 0 fully saturated rings. The molecule has 1 amide bonds. The van der Waals surface area contributed by atoms with E-state index >= 15 is 0 Å². The fraction of sp³-hybridized carbons (Fsp3) is 0.467. The second-order valence-electron chi connectivity index (χ2n) is 5.14. The number of carbonyl (C=O) groups excluding carboxylic acids is 1. The number of nitrogens with zero attached hydrogens (tertiary/aromatic N) is 4. The standard InChI is InChI=1S/C15H24N4O/c1-17(2)15(18(3)4)16-11-14(20)19(5)12-13-9-7-6-8-10-13/h6-10H,11-12H2,1-5H3. The molecule has 1 aromatic rings. The molecule has 0 aliphatic rings. The van der Waals surface area contributed by atoms with Crippen LogP contribution in [0.1, 0.15) is 5.56 Å². The van der Waals surface area contributed by atoms with Crippen LogP contribution in [-0.2, 0) is 11.3 Å². The average Bonchev–Trinajstić information content (AvgIpc) is 2.38. The van der Waals surface area contributed by atoms with Gasteiger partial charge in [-0.1, -0.05) is 30.3 Å². The molecule has 1 aromatic carbocycles. The Morgan fingerprint density at radius 3 is 2.05 bits per heavy atom. The number of carbonyl (C=O) groups is 1. The quantitative estimate of drug-likeness (QED) is 0.611. The molecule has 0 unspecified atom stereocenters. The van der Waals surface area contributed by atoms with Gasteiger partial charge in [0, 0.05) is 41.8 Å². The third-order valence-electron chi connectivity index (χ3n) is 2.84. The molecule has 1 rings (SSSR count). The lowest BCUT2D eigenvalue weighted by molar-refractivity contribution is -0.128. The van der Waals surface area contributed by atoms with Crippen LogP contribution in [0.5, 0.6) is 0 Å². The number of amides is 1. The maximum Gasteiger partial charge on any atom is 0.244 e. The van der Waals surface area contributed by atoms with E-state index in [0.717, 1.165) is 11.5 Å². The molecule has 0 aromatic heterocycles. The number of rotatable bonds is 4. The van der Waals surface area contributed by atoms with Crippen molar-refractivity contribution in [2.45, 2.75) is 6.54 Å². The normalized spacial score (nSPS) is 9.85. The molecule has 0 N–H and O–H groups in total. The molecule has 0 heterocycles. The lowest BCUT2D eigenvalue weighted by Gasteiger charge is -2.23. The molecule has 0 bridgehead atoms. The van der Waals surface area contributed by atoms with Gasteiger partial charge >= 0.3 is 0 Å². The molecule has 5 heteroatoms. The van der Waals surface area contributed by atoms with Crippen LogP contribution >= 0.6 is 0 Å². The van der Waals surface area contributed by atoms with E-state index in [1.165, 1.54) is 0 Å². The number of aliphatic imine (C=N–C) groups is 1. The van der Waals surface area contributed by atoms with Crippen molar-refractivity contribution in [1.29, 1.82) is 0 Å². The first-order valence-electron chi connectivity index (χ1n) is 6.58. The second-order valence-corrected chi connectivity index (χ2v) is 5.14. The third kappa shape index (κ3) is 4.91. The summed E-state index contributed by atoms with van der Waals surface area (Å²) in [4.78, 5) is 21.9. The maximum atomic E-state index is 12.1. The van der Waals surface area contributed by atoms with Crippen molar-refractivity contribution >= 4 is 11.9 Å². The van der Waals surface area contributed by atoms with Crippen molar-refractivity contribution in [3.63, 3.8) is 0 Å². The predicted molar refractivity (Wildman–Crippen MR) is 82.6 cm³/mol. The monoisotopic (exact) mass is 276 g/mol. The van der Waals surface area contributed by atoms with Gasteiger partial charge in [-0.25, -0.2) is 4.99 Å². The largest absolute Gasteiger partial charge is 0.349 e. The van der Waals surface area contributed by atoms with E-state index in [-0.39, 0.29) is 12.5 Å². The van der Waals surface area contributed by atoms with Crippen molar-refractivity contribution < 1.29 is 4.79 Å². The zero-order valence-corrected chi connectivity index (χ0v) is 13.0. The van der Waals surface area contributed by atoms with Gasteiger partial charge in [0.05, 0.1) is 0 Å². The number of likely N-dealkylation sites (N-methyl/N-ethyl adjacent to an activating group) is 1. The topological polar surface area (TPSA) is 39.2 Å². The van der Waals surface area contributed by atoms with Gasteiger partial charge in [-0.3, -0.25) is 4.79 Å². The Labute approximate surface area is 121 Å². The van der Waals surface area contributed by atoms with Crippen LogP contribution in [0.25, 0.3) is 0 Å². The molecule has 110 valence electrons. The van der Waals surface area contributed by atoms with E-state index in [1.54, 1.807) is 11.9 Å². The van der Waals surface area contributed by atoms with E-state index in [1.807, 2.05) is 68.3 Å². The summed E-state index contributed by atoms with van der Waals surface area (Å²) in [5.74, 6) is 0.793. The van der Waals surface area contributed by atoms with Gasteiger partial charge in [-0.15, -0.1) is 0 Å². The Kier molecular flexibility index (Phi) is 6.03. The van der Waals surface area contributed by atoms with Crippen LogP contribution in [0.2, 0.25) is 0 Å². The molecule has 0 spiro atoms. The predicted octanol–water partition coefficient (Wildman–Crippen LogP) is 1.12. The minimum atomic E-state index is 0.00931. The van der Waals surface area contributed by atoms with E-state index in [0.29, 0.717) is 6.54 Å². The van der Waals surface area contributed by atoms with Gasteiger partial charge in [0.1, 0.15) is 6.54 Å². The summed E-state index contributed by atoms with van der Waals surface area (Å²) < 4.78 is 0. The molecule has 20 heavy (non-hydrogen) atoms. The fourth-order valence-corrected chi connectivity index (χ4v) is 1.89. The van der Waals surface area contributed by atoms with Crippen molar-refractivity contribution in [3.05, 3.63) is 35.9 Å². The van der Waals surface area contributed by atoms with Crippen molar-refractivity contribution in [1.82, 2.24) is 14.7 Å². The third-order valence-corrected chi connectivity index (χ3v) is 2.84. The highest BCUT2D eigenvalue weighted by Crippen LogP contribution is 2.03. The Balaban J connectivity index is 2.60. The van der Waals surface area contributed by atoms with Crippen LogP contribution in [0.4, 0.5) is 0 Å². The molecule has 0 aliphatic carbocycles. The highest BCUT2D eigenvalue weighted by Gasteiger charge is 2.10. The highest BCUT2D eigenvalue weighted by molar-refractivity contribution is 5.84. The average molecular weight is 276 g/mol. The molecule has 5 nitrogen and oxygen atoms in total. The number of guanidine groups is 1. The summed E-state index contributed by atoms with van der Waals surface area (Å²) in [6, 6.07) is 9.94. The van der Waals surface area contributed by atoms with Crippen LogP contribution in [0, 0.1) is 0 Å². The molecular formula is C15H24N4O. The fourth-order valence-electron chi connectivity index (χ4n) is 1.89. The SMILES string of the molecule is CN(C)C(=NCC(=O)N(C)Cc1ccccc1)N(C)C. The smallest absolute Gasteiger partial charge is 0.244 e. The van der Waals surface area contributed by atoms with Crippen molar-refractivity contribution in [2.75, 3.05) is 41.8 Å². The van der Waals surface area contributed by atoms with Gasteiger partial charge in [0.2, 0.25) is 5.91 Å². The molecule has 0 saturated heterocycles. The van der Waals surface area contributed by atoms with Gasteiger partial charge in [-0.2, -0.15) is 0 Å². The first kappa shape index (κ1) is 16.0. The van der Waals surface area contributed by atoms with Gasteiger partial charge in [0.25, 0.3) is 0 Å². The molecule has 0 saturated carbocycles. The van der Waals surface area contributed by atoms with Crippen LogP contribution < -0.4 is 0 Å².